The summed E-state index contributed by atoms with van der Waals surface area (Å²) >= 11 is 0. The standard InChI is InChI=1S/C22H29N3O3/c1-4-23-22(24-14-16-5-10-21(28-3)20(26)13-16)25-12-11-18(15-25)17-6-8-19(27-2)9-7-17/h5-10,13,18,26H,4,11-12,14-15H2,1-3H3,(H,23,24). The highest BCUT2D eigenvalue weighted by atomic mass is 16.5. The molecule has 0 aromatic heterocycles. The zero-order chi connectivity index (χ0) is 19.9. The minimum absolute atomic E-state index is 0.140. The SMILES string of the molecule is CCNC(=NCc1ccc(OC)c(O)c1)N1CCC(c2ccc(OC)cc2)C1. The lowest BCUT2D eigenvalue weighted by atomic mass is 9.98. The number of benzene rings is 2. The van der Waals surface area contributed by atoms with Crippen LogP contribution in [-0.2, 0) is 6.54 Å². The van der Waals surface area contributed by atoms with E-state index in [0.29, 0.717) is 18.2 Å². The van der Waals surface area contributed by atoms with Gasteiger partial charge in [0.25, 0.3) is 0 Å². The van der Waals surface area contributed by atoms with Crippen molar-refractivity contribution >= 4 is 5.96 Å². The van der Waals surface area contributed by atoms with Crippen molar-refractivity contribution in [2.24, 2.45) is 4.99 Å². The maximum absolute atomic E-state index is 9.96. The summed E-state index contributed by atoms with van der Waals surface area (Å²) in [6.07, 6.45) is 1.10. The maximum atomic E-state index is 9.96. The van der Waals surface area contributed by atoms with E-state index in [4.69, 9.17) is 14.5 Å². The number of nitrogens with one attached hydrogen (secondary N) is 1. The summed E-state index contributed by atoms with van der Waals surface area (Å²) in [6.45, 7) is 5.30. The van der Waals surface area contributed by atoms with Crippen LogP contribution in [0.4, 0.5) is 0 Å². The molecule has 1 aliphatic heterocycles. The zero-order valence-corrected chi connectivity index (χ0v) is 16.8. The molecule has 0 aliphatic carbocycles. The number of phenols is 1. The van der Waals surface area contributed by atoms with E-state index in [0.717, 1.165) is 43.3 Å². The number of methoxy groups -OCH3 is 2. The van der Waals surface area contributed by atoms with Gasteiger partial charge in [0, 0.05) is 25.6 Å². The lowest BCUT2D eigenvalue weighted by Gasteiger charge is -2.22. The van der Waals surface area contributed by atoms with Gasteiger partial charge in [-0.1, -0.05) is 18.2 Å². The minimum atomic E-state index is 0.140. The van der Waals surface area contributed by atoms with Crippen molar-refractivity contribution < 1.29 is 14.6 Å². The Bertz CT molecular complexity index is 805. The van der Waals surface area contributed by atoms with Gasteiger partial charge in [0.2, 0.25) is 0 Å². The Hall–Kier alpha value is -2.89. The van der Waals surface area contributed by atoms with Crippen LogP contribution in [0, 0.1) is 0 Å². The molecule has 1 unspecified atom stereocenters. The molecule has 28 heavy (non-hydrogen) atoms. The van der Waals surface area contributed by atoms with Crippen LogP contribution in [0.3, 0.4) is 0 Å². The fourth-order valence-electron chi connectivity index (χ4n) is 3.53. The average molecular weight is 383 g/mol. The smallest absolute Gasteiger partial charge is 0.194 e. The van der Waals surface area contributed by atoms with Crippen molar-refractivity contribution in [1.29, 1.82) is 0 Å². The van der Waals surface area contributed by atoms with Gasteiger partial charge >= 0.3 is 0 Å². The van der Waals surface area contributed by atoms with E-state index in [2.05, 4.69) is 29.3 Å². The van der Waals surface area contributed by atoms with E-state index in [1.165, 1.54) is 5.56 Å². The van der Waals surface area contributed by atoms with Crippen molar-refractivity contribution in [1.82, 2.24) is 10.2 Å². The number of phenolic OH excluding ortho intramolecular Hbond substituents is 1. The van der Waals surface area contributed by atoms with Gasteiger partial charge in [0.1, 0.15) is 5.75 Å². The Kier molecular flexibility index (Phi) is 6.63. The molecular formula is C22H29N3O3. The molecule has 0 amide bonds. The van der Waals surface area contributed by atoms with Gasteiger partial charge in [-0.3, -0.25) is 0 Å². The van der Waals surface area contributed by atoms with Crippen molar-refractivity contribution in [3.63, 3.8) is 0 Å². The van der Waals surface area contributed by atoms with Gasteiger partial charge in [-0.25, -0.2) is 4.99 Å². The first-order chi connectivity index (χ1) is 13.6. The van der Waals surface area contributed by atoms with Gasteiger partial charge in [-0.2, -0.15) is 0 Å². The highest BCUT2D eigenvalue weighted by molar-refractivity contribution is 5.80. The molecule has 0 saturated carbocycles. The number of guanidine groups is 1. The second kappa shape index (κ2) is 9.35. The Morgan fingerprint density at radius 1 is 1.18 bits per heavy atom. The van der Waals surface area contributed by atoms with Crippen LogP contribution in [0.25, 0.3) is 0 Å². The zero-order valence-electron chi connectivity index (χ0n) is 16.8. The van der Waals surface area contributed by atoms with E-state index in [1.54, 1.807) is 26.4 Å². The third kappa shape index (κ3) is 4.68. The third-order valence-corrected chi connectivity index (χ3v) is 5.06. The maximum Gasteiger partial charge on any atom is 0.194 e. The van der Waals surface area contributed by atoms with E-state index in [-0.39, 0.29) is 5.75 Å². The van der Waals surface area contributed by atoms with Crippen LogP contribution in [0.5, 0.6) is 17.2 Å². The van der Waals surface area contributed by atoms with Gasteiger partial charge in [0.05, 0.1) is 20.8 Å². The number of aliphatic imine (C=N–C) groups is 1. The van der Waals surface area contributed by atoms with E-state index in [9.17, 15) is 5.11 Å². The Labute approximate surface area is 166 Å². The van der Waals surface area contributed by atoms with Crippen LogP contribution in [0.2, 0.25) is 0 Å². The Morgan fingerprint density at radius 3 is 2.61 bits per heavy atom. The van der Waals surface area contributed by atoms with Crippen LogP contribution in [-0.4, -0.2) is 49.8 Å². The van der Waals surface area contributed by atoms with E-state index < -0.39 is 0 Å². The normalized spacial score (nSPS) is 16.9. The number of hydrogen-bond donors (Lipinski definition) is 2. The summed E-state index contributed by atoms with van der Waals surface area (Å²) in [5.74, 6) is 2.90. The summed E-state index contributed by atoms with van der Waals surface area (Å²) in [5, 5.41) is 13.4. The quantitative estimate of drug-likeness (QED) is 0.591. The summed E-state index contributed by atoms with van der Waals surface area (Å²) < 4.78 is 10.4. The van der Waals surface area contributed by atoms with Crippen LogP contribution in [0.15, 0.2) is 47.5 Å². The predicted molar refractivity (Wildman–Crippen MR) is 111 cm³/mol. The highest BCUT2D eigenvalue weighted by Gasteiger charge is 2.26. The summed E-state index contributed by atoms with van der Waals surface area (Å²) in [7, 11) is 3.23. The Morgan fingerprint density at radius 2 is 1.96 bits per heavy atom. The predicted octanol–water partition coefficient (Wildman–Crippen LogP) is 3.36. The molecule has 3 rings (SSSR count). The van der Waals surface area contributed by atoms with Crippen LogP contribution >= 0.6 is 0 Å². The van der Waals surface area contributed by atoms with E-state index in [1.807, 2.05) is 18.2 Å². The minimum Gasteiger partial charge on any atom is -0.504 e. The van der Waals surface area contributed by atoms with Crippen molar-refractivity contribution in [3.8, 4) is 17.2 Å². The number of nitrogens with zero attached hydrogens (tertiary/aromatic N) is 2. The second-order valence-electron chi connectivity index (χ2n) is 6.88. The first-order valence-electron chi connectivity index (χ1n) is 9.67. The number of rotatable bonds is 6. The molecule has 1 atom stereocenters. The molecule has 2 N–H and O–H groups in total. The molecule has 2 aromatic rings. The summed E-state index contributed by atoms with van der Waals surface area (Å²) in [4.78, 5) is 7.08. The first kappa shape index (κ1) is 19.9. The second-order valence-corrected chi connectivity index (χ2v) is 6.88. The number of ether oxygens (including phenoxy) is 2. The van der Waals surface area contributed by atoms with Crippen LogP contribution < -0.4 is 14.8 Å². The number of likely N-dealkylation sites (tertiary alicyclic amines) is 1. The molecule has 0 spiro atoms. The fourth-order valence-corrected chi connectivity index (χ4v) is 3.53. The first-order valence-corrected chi connectivity index (χ1v) is 9.67. The molecule has 0 bridgehead atoms. The highest BCUT2D eigenvalue weighted by Crippen LogP contribution is 2.29. The molecular weight excluding hydrogens is 354 g/mol. The molecule has 6 nitrogen and oxygen atoms in total. The van der Waals surface area contributed by atoms with Crippen molar-refractivity contribution in [3.05, 3.63) is 53.6 Å². The van der Waals surface area contributed by atoms with Gasteiger partial charge < -0.3 is 24.8 Å². The largest absolute Gasteiger partial charge is 0.504 e. The lowest BCUT2D eigenvalue weighted by Crippen LogP contribution is -2.40. The monoisotopic (exact) mass is 383 g/mol. The fraction of sp³-hybridized carbons (Fsp3) is 0.409. The average Bonchev–Trinajstić information content (AvgIpc) is 3.21. The molecule has 150 valence electrons. The summed E-state index contributed by atoms with van der Waals surface area (Å²) in [6, 6.07) is 13.7. The topological polar surface area (TPSA) is 66.3 Å². The molecule has 2 aromatic carbocycles. The molecule has 1 aliphatic rings. The molecule has 0 radical (unpaired) electrons. The van der Waals surface area contributed by atoms with E-state index >= 15 is 0 Å². The lowest BCUT2D eigenvalue weighted by molar-refractivity contribution is 0.373. The molecule has 1 saturated heterocycles. The molecule has 1 fully saturated rings. The van der Waals surface area contributed by atoms with Gasteiger partial charge in [0.15, 0.2) is 17.5 Å². The number of hydrogen-bond acceptors (Lipinski definition) is 4. The molecule has 6 heteroatoms. The Balaban J connectivity index is 1.67. The van der Waals surface area contributed by atoms with Crippen molar-refractivity contribution in [2.75, 3.05) is 33.9 Å². The van der Waals surface area contributed by atoms with Crippen molar-refractivity contribution in [2.45, 2.75) is 25.8 Å². The van der Waals surface area contributed by atoms with Crippen LogP contribution in [0.1, 0.15) is 30.4 Å². The van der Waals surface area contributed by atoms with Gasteiger partial charge in [-0.15, -0.1) is 0 Å². The third-order valence-electron chi connectivity index (χ3n) is 5.06. The summed E-state index contributed by atoms with van der Waals surface area (Å²) in [5.41, 5.74) is 2.28. The molecule has 1 heterocycles. The number of aromatic hydroxyl groups is 1. The van der Waals surface area contributed by atoms with Gasteiger partial charge in [-0.05, 0) is 48.7 Å².